The smallest absolute Gasteiger partial charge is 0.213 e. The van der Waals surface area contributed by atoms with Crippen molar-refractivity contribution < 1.29 is 13.9 Å². The first kappa shape index (κ1) is 31.2. The van der Waals surface area contributed by atoms with Gasteiger partial charge in [-0.05, 0) is 56.6 Å². The molecule has 2 saturated heterocycles. The van der Waals surface area contributed by atoms with Crippen molar-refractivity contribution in [1.82, 2.24) is 24.3 Å². The summed E-state index contributed by atoms with van der Waals surface area (Å²) in [7, 11) is 3.68. The second-order valence-corrected chi connectivity index (χ2v) is 13.1. The number of nitrogens with zero attached hydrogens (tertiary/aromatic N) is 7. The van der Waals surface area contributed by atoms with Crippen LogP contribution in [-0.4, -0.2) is 90.4 Å². The molecule has 4 aromatic rings. The lowest BCUT2D eigenvalue weighted by molar-refractivity contribution is 0.157. The Balaban J connectivity index is 1.27. The third-order valence-corrected chi connectivity index (χ3v) is 9.85. The first-order valence-corrected chi connectivity index (χ1v) is 16.4. The highest BCUT2D eigenvalue weighted by atomic mass is 19.1. The minimum absolute atomic E-state index is 0.0174. The fourth-order valence-corrected chi connectivity index (χ4v) is 7.21. The molecule has 0 aliphatic carbocycles. The zero-order valence-electron chi connectivity index (χ0n) is 27.4. The van der Waals surface area contributed by atoms with E-state index in [1.54, 1.807) is 13.3 Å². The van der Waals surface area contributed by atoms with E-state index in [1.807, 2.05) is 36.7 Å². The van der Waals surface area contributed by atoms with E-state index in [-0.39, 0.29) is 17.5 Å². The second kappa shape index (κ2) is 13.0. The first-order chi connectivity index (χ1) is 22.8. The predicted molar refractivity (Wildman–Crippen MR) is 182 cm³/mol. The number of piperidine rings is 1. The number of benzene rings is 1. The number of methoxy groups -OCH3 is 1. The second-order valence-electron chi connectivity index (χ2n) is 13.1. The summed E-state index contributed by atoms with van der Waals surface area (Å²) in [5.41, 5.74) is 9.55. The average Bonchev–Trinajstić information content (AvgIpc) is 3.08. The van der Waals surface area contributed by atoms with Gasteiger partial charge in [-0.15, -0.1) is 0 Å². The zero-order valence-corrected chi connectivity index (χ0v) is 27.4. The molecule has 3 aliphatic heterocycles. The van der Waals surface area contributed by atoms with Gasteiger partial charge >= 0.3 is 0 Å². The van der Waals surface area contributed by atoms with Crippen LogP contribution in [0.5, 0.6) is 11.6 Å². The fourth-order valence-electron chi connectivity index (χ4n) is 7.21. The number of nitrogens with two attached hydrogens (primary N) is 1. The number of halogens is 1. The normalized spacial score (nSPS) is 20.1. The van der Waals surface area contributed by atoms with Crippen molar-refractivity contribution in [2.45, 2.75) is 44.9 Å². The molecule has 47 heavy (non-hydrogen) atoms. The van der Waals surface area contributed by atoms with Gasteiger partial charge in [0.15, 0.2) is 17.0 Å². The molecular formula is C35H43FN8O3. The maximum atomic E-state index is 16.0. The Morgan fingerprint density at radius 1 is 1.09 bits per heavy atom. The first-order valence-electron chi connectivity index (χ1n) is 16.4. The Labute approximate surface area is 274 Å². The predicted octanol–water partition coefficient (Wildman–Crippen LogP) is 3.90. The molecule has 1 aromatic carbocycles. The van der Waals surface area contributed by atoms with Gasteiger partial charge in [0.1, 0.15) is 18.1 Å². The van der Waals surface area contributed by atoms with Crippen molar-refractivity contribution in [2.75, 3.05) is 75.6 Å². The molecule has 0 bridgehead atoms. The molecule has 2 fully saturated rings. The molecule has 6 heterocycles. The molecule has 0 spiro atoms. The fraction of sp³-hybridized carbons (Fsp3) is 0.457. The summed E-state index contributed by atoms with van der Waals surface area (Å²) < 4.78 is 29.8. The highest BCUT2D eigenvalue weighted by Crippen LogP contribution is 2.42. The van der Waals surface area contributed by atoms with Crippen LogP contribution < -0.4 is 30.4 Å². The minimum Gasteiger partial charge on any atom is -0.487 e. The van der Waals surface area contributed by atoms with Gasteiger partial charge in [-0.3, -0.25) is 9.69 Å². The number of ether oxygens (including phenoxy) is 2. The summed E-state index contributed by atoms with van der Waals surface area (Å²) >= 11 is 0. The van der Waals surface area contributed by atoms with E-state index in [4.69, 9.17) is 15.2 Å². The Morgan fingerprint density at radius 3 is 2.68 bits per heavy atom. The van der Waals surface area contributed by atoms with Crippen LogP contribution in [0.3, 0.4) is 0 Å². The molecule has 0 radical (unpaired) electrons. The summed E-state index contributed by atoms with van der Waals surface area (Å²) in [4.78, 5) is 31.9. The molecular weight excluding hydrogens is 599 g/mol. The van der Waals surface area contributed by atoms with Gasteiger partial charge in [0, 0.05) is 82.4 Å². The van der Waals surface area contributed by atoms with Crippen molar-refractivity contribution in [2.24, 2.45) is 0 Å². The van der Waals surface area contributed by atoms with Crippen LogP contribution in [0.1, 0.15) is 36.9 Å². The monoisotopic (exact) mass is 642 g/mol. The molecule has 2 N–H and O–H groups in total. The summed E-state index contributed by atoms with van der Waals surface area (Å²) in [6.45, 7) is 8.25. The number of aromatic nitrogens is 3. The Kier molecular flexibility index (Phi) is 8.63. The molecule has 2 atom stereocenters. The van der Waals surface area contributed by atoms with E-state index in [2.05, 4.69) is 48.1 Å². The van der Waals surface area contributed by atoms with Gasteiger partial charge in [-0.2, -0.15) is 0 Å². The summed E-state index contributed by atoms with van der Waals surface area (Å²) in [6.07, 6.45) is 7.52. The molecule has 11 nitrogen and oxygen atoms in total. The van der Waals surface area contributed by atoms with E-state index in [1.165, 1.54) is 6.07 Å². The average molecular weight is 643 g/mol. The zero-order chi connectivity index (χ0) is 32.7. The van der Waals surface area contributed by atoms with E-state index in [9.17, 15) is 4.79 Å². The van der Waals surface area contributed by atoms with Crippen molar-refractivity contribution in [3.63, 3.8) is 0 Å². The van der Waals surface area contributed by atoms with E-state index in [0.29, 0.717) is 72.4 Å². The van der Waals surface area contributed by atoms with Crippen LogP contribution in [0.15, 0.2) is 53.7 Å². The van der Waals surface area contributed by atoms with E-state index in [0.717, 1.165) is 50.3 Å². The lowest BCUT2D eigenvalue weighted by atomic mass is 10.0. The lowest BCUT2D eigenvalue weighted by Crippen LogP contribution is -2.48. The van der Waals surface area contributed by atoms with Crippen molar-refractivity contribution >= 4 is 28.1 Å². The summed E-state index contributed by atoms with van der Waals surface area (Å²) in [5.74, 6) is 1.11. The number of hydrogen-bond donors (Lipinski definition) is 1. The number of pyridine rings is 3. The lowest BCUT2D eigenvalue weighted by Gasteiger charge is -2.40. The topological polar surface area (TPSA) is 105 Å². The van der Waals surface area contributed by atoms with Crippen molar-refractivity contribution in [1.29, 1.82) is 0 Å². The molecule has 1 unspecified atom stereocenters. The number of hydrogen-bond acceptors (Lipinski definition) is 10. The van der Waals surface area contributed by atoms with Gasteiger partial charge in [0.05, 0.1) is 35.9 Å². The molecule has 3 aliphatic rings. The summed E-state index contributed by atoms with van der Waals surface area (Å²) in [5, 5.41) is 0.364. The van der Waals surface area contributed by atoms with Gasteiger partial charge in [0.25, 0.3) is 0 Å². The van der Waals surface area contributed by atoms with Gasteiger partial charge in [0.2, 0.25) is 5.88 Å². The van der Waals surface area contributed by atoms with Crippen LogP contribution in [0.2, 0.25) is 0 Å². The number of nitrogen functional groups attached to an aromatic ring is 1. The van der Waals surface area contributed by atoms with Crippen LogP contribution in [0.4, 0.5) is 21.6 Å². The largest absolute Gasteiger partial charge is 0.487 e. The number of piperazine rings is 1. The van der Waals surface area contributed by atoms with Crippen LogP contribution >= 0.6 is 0 Å². The van der Waals surface area contributed by atoms with Gasteiger partial charge in [-0.25, -0.2) is 14.4 Å². The molecule has 248 valence electrons. The Hall–Kier alpha value is -4.42. The van der Waals surface area contributed by atoms with E-state index >= 15 is 4.39 Å². The van der Waals surface area contributed by atoms with Crippen molar-refractivity contribution in [3.8, 4) is 11.6 Å². The number of likely N-dealkylation sites (N-methyl/N-ethyl adjacent to an activating group) is 1. The minimum atomic E-state index is -0.409. The highest BCUT2D eigenvalue weighted by Gasteiger charge is 2.32. The SMILES string of the molecule is COc1cc(CN(Cc2cn3c4c(c(N5CCN(C)CC5)c(F)cc4c2=O)OCC3C)[C@H]2CCCN(c3ccc(N)nc3)C2)ccn1. The quantitative estimate of drug-likeness (QED) is 0.304. The molecule has 12 heteroatoms. The standard InChI is InChI=1S/C35H43FN8O3/c1-23-22-47-35-32-28(16-29(36)33(35)41-13-11-40(2)12-14-41)34(45)25(20-44(23)32)19-43(18-24-8-9-38-31(15-24)46-3)27-5-4-10-42(21-27)26-6-7-30(37)39-17-26/h6-9,15-17,20,23,27H,4-5,10-14,18-19,21-22H2,1-3H3,(H2,37,39)/t23?,27-/m0/s1. The van der Waals surface area contributed by atoms with Gasteiger partial charge in [-0.1, -0.05) is 0 Å². The Morgan fingerprint density at radius 2 is 1.91 bits per heavy atom. The summed E-state index contributed by atoms with van der Waals surface area (Å²) in [6, 6.07) is 9.32. The van der Waals surface area contributed by atoms with Gasteiger partial charge < -0.3 is 34.5 Å². The highest BCUT2D eigenvalue weighted by molar-refractivity contribution is 5.92. The number of rotatable bonds is 8. The molecule has 7 rings (SSSR count). The maximum absolute atomic E-state index is 16.0. The maximum Gasteiger partial charge on any atom is 0.213 e. The third-order valence-electron chi connectivity index (χ3n) is 9.85. The number of anilines is 3. The third kappa shape index (κ3) is 6.19. The van der Waals surface area contributed by atoms with Crippen LogP contribution in [-0.2, 0) is 13.1 Å². The Bertz CT molecular complexity index is 1810. The molecule has 3 aromatic heterocycles. The van der Waals surface area contributed by atoms with Crippen LogP contribution in [0.25, 0.3) is 10.9 Å². The van der Waals surface area contributed by atoms with Crippen molar-refractivity contribution in [3.05, 3.63) is 76.1 Å². The molecule has 0 saturated carbocycles. The van der Waals surface area contributed by atoms with E-state index < -0.39 is 5.82 Å². The molecule has 0 amide bonds. The van der Waals surface area contributed by atoms with Crippen LogP contribution in [0, 0.1) is 5.82 Å².